The fourth-order valence-corrected chi connectivity index (χ4v) is 1.74. The van der Waals surface area contributed by atoms with Crippen LogP contribution in [0.1, 0.15) is 47.0 Å². The zero-order chi connectivity index (χ0) is 12.0. The Labute approximate surface area is 96.7 Å². The van der Waals surface area contributed by atoms with Crippen LogP contribution in [-0.2, 0) is 9.68 Å². The van der Waals surface area contributed by atoms with Crippen molar-refractivity contribution in [2.75, 3.05) is 0 Å². The van der Waals surface area contributed by atoms with Gasteiger partial charge in [-0.15, -0.1) is 5.23 Å². The smallest absolute Gasteiger partial charge is 0.124 e. The first kappa shape index (κ1) is 11.9. The Kier molecular flexibility index (Phi) is 2.77. The molecule has 2 rings (SSSR count). The predicted molar refractivity (Wildman–Crippen MR) is 60.1 cm³/mol. The van der Waals surface area contributed by atoms with Crippen LogP contribution in [0.4, 0.5) is 0 Å². The molecule has 0 spiro atoms. The minimum Gasteiger partial charge on any atom is -0.393 e. The monoisotopic (exact) mass is 227 g/mol. The summed E-state index contributed by atoms with van der Waals surface area (Å²) in [6.07, 6.45) is 4.03. The number of aliphatic hydroxyl groups excluding tert-OH is 1. The summed E-state index contributed by atoms with van der Waals surface area (Å²) in [7, 11) is 0. The van der Waals surface area contributed by atoms with E-state index in [1.54, 1.807) is 0 Å². The Balaban J connectivity index is 2.09. The van der Waals surface area contributed by atoms with Crippen LogP contribution in [0.15, 0.2) is 11.8 Å². The minimum absolute atomic E-state index is 0.215. The summed E-state index contributed by atoms with van der Waals surface area (Å²) < 4.78 is 0. The molecule has 92 valence electrons. The van der Waals surface area contributed by atoms with Gasteiger partial charge in [-0.25, -0.2) is 9.68 Å². The molecule has 1 aliphatic carbocycles. The van der Waals surface area contributed by atoms with E-state index in [1.165, 1.54) is 5.23 Å². The zero-order valence-electron chi connectivity index (χ0n) is 10.5. The van der Waals surface area contributed by atoms with E-state index in [1.807, 2.05) is 33.8 Å². The van der Waals surface area contributed by atoms with E-state index in [0.29, 0.717) is 6.42 Å². The highest BCUT2D eigenvalue weighted by atomic mass is 17.0. The molecule has 1 heterocycles. The SMILES string of the molecule is CC1(C)ON(C2=CCC(O)CC2)OC1(C)C. The van der Waals surface area contributed by atoms with Crippen molar-refractivity contribution >= 4 is 0 Å². The maximum absolute atomic E-state index is 9.43. The molecular weight excluding hydrogens is 206 g/mol. The molecule has 1 N–H and O–H groups in total. The molecule has 4 heteroatoms. The van der Waals surface area contributed by atoms with E-state index < -0.39 is 0 Å². The van der Waals surface area contributed by atoms with E-state index >= 15 is 0 Å². The first-order valence-corrected chi connectivity index (χ1v) is 5.87. The standard InChI is InChI=1S/C12H21NO3/c1-11(2)12(3,4)16-13(15-11)9-5-7-10(14)8-6-9/h5,10,14H,6-8H2,1-4H3. The van der Waals surface area contributed by atoms with Gasteiger partial charge in [0.2, 0.25) is 0 Å². The molecule has 0 aromatic heterocycles. The summed E-state index contributed by atoms with van der Waals surface area (Å²) in [6, 6.07) is 0. The lowest BCUT2D eigenvalue weighted by atomic mass is 9.90. The van der Waals surface area contributed by atoms with Crippen molar-refractivity contribution in [3.05, 3.63) is 11.8 Å². The summed E-state index contributed by atoms with van der Waals surface area (Å²) in [5, 5.41) is 11.0. The van der Waals surface area contributed by atoms with Crippen molar-refractivity contribution < 1.29 is 14.8 Å². The van der Waals surface area contributed by atoms with Crippen LogP contribution in [-0.4, -0.2) is 27.6 Å². The first-order chi connectivity index (χ1) is 7.32. The normalized spacial score (nSPS) is 32.7. The molecule has 16 heavy (non-hydrogen) atoms. The third kappa shape index (κ3) is 1.97. The number of hydrogen-bond acceptors (Lipinski definition) is 4. The van der Waals surface area contributed by atoms with Crippen LogP contribution in [0, 0.1) is 0 Å². The third-order valence-electron chi connectivity index (χ3n) is 3.67. The quantitative estimate of drug-likeness (QED) is 0.745. The molecule has 0 bridgehead atoms. The van der Waals surface area contributed by atoms with Crippen LogP contribution < -0.4 is 0 Å². The molecule has 4 nitrogen and oxygen atoms in total. The molecule has 1 aliphatic heterocycles. The fraction of sp³-hybridized carbons (Fsp3) is 0.833. The van der Waals surface area contributed by atoms with Crippen LogP contribution >= 0.6 is 0 Å². The molecule has 1 fully saturated rings. The van der Waals surface area contributed by atoms with Crippen molar-refractivity contribution in [1.29, 1.82) is 0 Å². The number of hydroxylamine groups is 2. The zero-order valence-corrected chi connectivity index (χ0v) is 10.5. The third-order valence-corrected chi connectivity index (χ3v) is 3.67. The van der Waals surface area contributed by atoms with Crippen LogP contribution in [0.25, 0.3) is 0 Å². The average Bonchev–Trinajstić information content (AvgIpc) is 2.37. The Morgan fingerprint density at radius 3 is 2.25 bits per heavy atom. The highest BCUT2D eigenvalue weighted by molar-refractivity contribution is 5.05. The Bertz CT molecular complexity index is 293. The number of allylic oxidation sites excluding steroid dienone is 1. The summed E-state index contributed by atoms with van der Waals surface area (Å²) in [5.74, 6) is 0. The fourth-order valence-electron chi connectivity index (χ4n) is 1.74. The van der Waals surface area contributed by atoms with Gasteiger partial charge in [0.25, 0.3) is 0 Å². The lowest BCUT2D eigenvalue weighted by molar-refractivity contribution is -0.305. The van der Waals surface area contributed by atoms with E-state index in [-0.39, 0.29) is 17.3 Å². The second kappa shape index (κ2) is 3.72. The molecule has 0 amide bonds. The van der Waals surface area contributed by atoms with Gasteiger partial charge in [-0.1, -0.05) is 6.08 Å². The highest BCUT2D eigenvalue weighted by Crippen LogP contribution is 2.40. The predicted octanol–water partition coefficient (Wildman–Crippen LogP) is 2.15. The topological polar surface area (TPSA) is 41.9 Å². The van der Waals surface area contributed by atoms with Crippen molar-refractivity contribution in [3.63, 3.8) is 0 Å². The lowest BCUT2D eigenvalue weighted by Gasteiger charge is -2.26. The van der Waals surface area contributed by atoms with Gasteiger partial charge < -0.3 is 5.11 Å². The molecule has 2 aliphatic rings. The first-order valence-electron chi connectivity index (χ1n) is 5.87. The number of hydrogen-bond donors (Lipinski definition) is 1. The van der Waals surface area contributed by atoms with Crippen molar-refractivity contribution in [3.8, 4) is 0 Å². The number of rotatable bonds is 1. The van der Waals surface area contributed by atoms with Gasteiger partial charge in [0.1, 0.15) is 11.2 Å². The Morgan fingerprint density at radius 1 is 1.25 bits per heavy atom. The summed E-state index contributed by atoms with van der Waals surface area (Å²) >= 11 is 0. The molecule has 0 aromatic rings. The van der Waals surface area contributed by atoms with Gasteiger partial charge in [-0.05, 0) is 47.0 Å². The molecule has 0 saturated carbocycles. The largest absolute Gasteiger partial charge is 0.393 e. The molecule has 1 atom stereocenters. The molecule has 0 radical (unpaired) electrons. The van der Waals surface area contributed by atoms with Gasteiger partial charge >= 0.3 is 0 Å². The lowest BCUT2D eigenvalue weighted by Crippen LogP contribution is -2.41. The summed E-state index contributed by atoms with van der Waals surface area (Å²) in [6.45, 7) is 8.08. The molecule has 0 aromatic carbocycles. The van der Waals surface area contributed by atoms with E-state index in [9.17, 15) is 5.11 Å². The second-order valence-corrected chi connectivity index (χ2v) is 5.58. The van der Waals surface area contributed by atoms with Crippen molar-refractivity contribution in [2.24, 2.45) is 0 Å². The number of nitrogens with zero attached hydrogens (tertiary/aromatic N) is 1. The summed E-state index contributed by atoms with van der Waals surface area (Å²) in [4.78, 5) is 11.6. The minimum atomic E-state index is -0.343. The van der Waals surface area contributed by atoms with Gasteiger partial charge in [-0.3, -0.25) is 0 Å². The average molecular weight is 227 g/mol. The molecule has 1 saturated heterocycles. The Morgan fingerprint density at radius 2 is 1.81 bits per heavy atom. The summed E-state index contributed by atoms with van der Waals surface area (Å²) in [5.41, 5.74) is 0.331. The van der Waals surface area contributed by atoms with Crippen molar-refractivity contribution in [2.45, 2.75) is 64.3 Å². The molecule has 1 unspecified atom stereocenters. The van der Waals surface area contributed by atoms with Gasteiger partial charge in [0.15, 0.2) is 0 Å². The van der Waals surface area contributed by atoms with Crippen LogP contribution in [0.3, 0.4) is 0 Å². The maximum atomic E-state index is 9.43. The maximum Gasteiger partial charge on any atom is 0.124 e. The van der Waals surface area contributed by atoms with Gasteiger partial charge in [0, 0.05) is 0 Å². The van der Waals surface area contributed by atoms with E-state index in [0.717, 1.165) is 18.5 Å². The van der Waals surface area contributed by atoms with E-state index in [4.69, 9.17) is 9.68 Å². The Hall–Kier alpha value is -0.580. The van der Waals surface area contributed by atoms with Gasteiger partial charge in [-0.2, -0.15) is 0 Å². The highest BCUT2D eigenvalue weighted by Gasteiger charge is 2.50. The van der Waals surface area contributed by atoms with Gasteiger partial charge in [0.05, 0.1) is 11.8 Å². The van der Waals surface area contributed by atoms with Crippen LogP contribution in [0.2, 0.25) is 0 Å². The van der Waals surface area contributed by atoms with E-state index in [2.05, 4.69) is 0 Å². The van der Waals surface area contributed by atoms with Crippen LogP contribution in [0.5, 0.6) is 0 Å². The molecular formula is C12H21NO3. The second-order valence-electron chi connectivity index (χ2n) is 5.58. The van der Waals surface area contributed by atoms with Crippen molar-refractivity contribution in [1.82, 2.24) is 5.23 Å². The number of aliphatic hydroxyl groups is 1.